The maximum Gasteiger partial charge on any atom is 0.308 e. The zero-order chi connectivity index (χ0) is 14.7. The predicted octanol–water partition coefficient (Wildman–Crippen LogP) is -0.0121. The van der Waals surface area contributed by atoms with Gasteiger partial charge in [-0.05, 0) is 18.6 Å². The monoisotopic (exact) mass is 277 g/mol. The number of nitrogens with zero attached hydrogens (tertiary/aromatic N) is 2. The lowest BCUT2D eigenvalue weighted by Gasteiger charge is -2.15. The van der Waals surface area contributed by atoms with Crippen molar-refractivity contribution >= 4 is 17.8 Å². The first-order valence-electron chi connectivity index (χ1n) is 6.23. The predicted molar refractivity (Wildman–Crippen MR) is 69.3 cm³/mol. The Morgan fingerprint density at radius 3 is 2.65 bits per heavy atom. The maximum absolute atomic E-state index is 12.2. The molecule has 0 saturated carbocycles. The summed E-state index contributed by atoms with van der Waals surface area (Å²) in [6.45, 7) is 0.637. The van der Waals surface area contributed by atoms with Crippen LogP contribution in [0.3, 0.4) is 0 Å². The second-order valence-electron chi connectivity index (χ2n) is 4.59. The Morgan fingerprint density at radius 2 is 2.15 bits per heavy atom. The molecule has 0 aliphatic carbocycles. The van der Waals surface area contributed by atoms with Crippen molar-refractivity contribution in [1.29, 1.82) is 0 Å². The molecule has 1 aromatic heterocycles. The third kappa shape index (κ3) is 2.76. The standard InChI is InChI=1S/C13H15N3O4/c1-14-11(17)10-3-2-8(6-15-10)12(18)16-5-4-9(7-16)13(19)20/h2-3,6,9H,4-5,7H2,1H3,(H,14,17)(H,19,20). The fourth-order valence-electron chi connectivity index (χ4n) is 2.11. The molecular formula is C13H15N3O4. The summed E-state index contributed by atoms with van der Waals surface area (Å²) in [5, 5.41) is 11.4. The third-order valence-corrected chi connectivity index (χ3v) is 3.29. The lowest BCUT2D eigenvalue weighted by atomic mass is 10.1. The molecule has 1 unspecified atom stereocenters. The highest BCUT2D eigenvalue weighted by Crippen LogP contribution is 2.18. The Labute approximate surface area is 115 Å². The Morgan fingerprint density at radius 1 is 1.40 bits per heavy atom. The number of pyridine rings is 1. The molecule has 7 heteroatoms. The number of likely N-dealkylation sites (tertiary alicyclic amines) is 1. The number of carboxylic acids is 1. The van der Waals surface area contributed by atoms with Crippen molar-refractivity contribution < 1.29 is 19.5 Å². The summed E-state index contributed by atoms with van der Waals surface area (Å²) in [5.41, 5.74) is 0.581. The van der Waals surface area contributed by atoms with Gasteiger partial charge in [-0.1, -0.05) is 0 Å². The van der Waals surface area contributed by atoms with E-state index in [4.69, 9.17) is 5.11 Å². The van der Waals surface area contributed by atoms with E-state index in [0.717, 1.165) is 0 Å². The summed E-state index contributed by atoms with van der Waals surface area (Å²) in [4.78, 5) is 39.8. The molecule has 2 heterocycles. The van der Waals surface area contributed by atoms with E-state index >= 15 is 0 Å². The van der Waals surface area contributed by atoms with Gasteiger partial charge >= 0.3 is 5.97 Å². The Hall–Kier alpha value is -2.44. The van der Waals surface area contributed by atoms with Gasteiger partial charge in [0.25, 0.3) is 11.8 Å². The van der Waals surface area contributed by atoms with Crippen molar-refractivity contribution in [2.75, 3.05) is 20.1 Å². The minimum atomic E-state index is -0.881. The van der Waals surface area contributed by atoms with Crippen LogP contribution >= 0.6 is 0 Å². The molecule has 0 radical (unpaired) electrons. The quantitative estimate of drug-likeness (QED) is 0.809. The average molecular weight is 277 g/mol. The highest BCUT2D eigenvalue weighted by molar-refractivity contribution is 5.96. The van der Waals surface area contributed by atoms with E-state index in [1.807, 2.05) is 0 Å². The van der Waals surface area contributed by atoms with Gasteiger partial charge in [0.05, 0.1) is 11.5 Å². The molecule has 2 rings (SSSR count). The molecule has 1 aromatic rings. The Kier molecular flexibility index (Phi) is 3.97. The zero-order valence-electron chi connectivity index (χ0n) is 11.0. The van der Waals surface area contributed by atoms with Crippen LogP contribution in [0, 0.1) is 5.92 Å². The molecule has 1 fully saturated rings. The number of rotatable bonds is 3. The van der Waals surface area contributed by atoms with E-state index in [0.29, 0.717) is 18.5 Å². The van der Waals surface area contributed by atoms with Crippen molar-refractivity contribution in [3.63, 3.8) is 0 Å². The number of aromatic nitrogens is 1. The summed E-state index contributed by atoms with van der Waals surface area (Å²) in [6, 6.07) is 2.99. The number of hydrogen-bond acceptors (Lipinski definition) is 4. The number of amides is 2. The fourth-order valence-corrected chi connectivity index (χ4v) is 2.11. The summed E-state index contributed by atoms with van der Waals surface area (Å²) in [6.07, 6.45) is 1.80. The maximum atomic E-state index is 12.2. The van der Waals surface area contributed by atoms with Crippen LogP contribution < -0.4 is 5.32 Å². The number of hydrogen-bond donors (Lipinski definition) is 2. The highest BCUT2D eigenvalue weighted by atomic mass is 16.4. The molecule has 7 nitrogen and oxygen atoms in total. The van der Waals surface area contributed by atoms with E-state index in [2.05, 4.69) is 10.3 Å². The Bertz CT molecular complexity index is 541. The third-order valence-electron chi connectivity index (χ3n) is 3.29. The molecule has 1 aliphatic heterocycles. The molecular weight excluding hydrogens is 262 g/mol. The number of aliphatic carboxylic acids is 1. The summed E-state index contributed by atoms with van der Waals surface area (Å²) >= 11 is 0. The largest absolute Gasteiger partial charge is 0.481 e. The van der Waals surface area contributed by atoms with Gasteiger partial charge in [0.15, 0.2) is 0 Å². The van der Waals surface area contributed by atoms with Crippen LogP contribution in [-0.4, -0.2) is 52.9 Å². The number of carbonyl (C=O) groups is 3. The molecule has 0 aromatic carbocycles. The minimum Gasteiger partial charge on any atom is -0.481 e. The van der Waals surface area contributed by atoms with Gasteiger partial charge in [-0.2, -0.15) is 0 Å². The van der Waals surface area contributed by atoms with E-state index in [9.17, 15) is 14.4 Å². The summed E-state index contributed by atoms with van der Waals surface area (Å²) in [5.74, 6) is -1.97. The highest BCUT2D eigenvalue weighted by Gasteiger charge is 2.31. The lowest BCUT2D eigenvalue weighted by molar-refractivity contribution is -0.141. The van der Waals surface area contributed by atoms with E-state index in [1.165, 1.54) is 30.3 Å². The van der Waals surface area contributed by atoms with E-state index in [-0.39, 0.29) is 24.1 Å². The first-order chi connectivity index (χ1) is 9.52. The molecule has 1 saturated heterocycles. The molecule has 1 aliphatic rings. The molecule has 20 heavy (non-hydrogen) atoms. The normalized spacial score (nSPS) is 17.9. The zero-order valence-corrected chi connectivity index (χ0v) is 11.0. The van der Waals surface area contributed by atoms with Crippen LogP contribution in [0.1, 0.15) is 27.3 Å². The summed E-state index contributed by atoms with van der Waals surface area (Å²) < 4.78 is 0. The first kappa shape index (κ1) is 14.0. The van der Waals surface area contributed by atoms with Gasteiger partial charge in [-0.25, -0.2) is 0 Å². The lowest BCUT2D eigenvalue weighted by Crippen LogP contribution is -2.30. The van der Waals surface area contributed by atoms with Crippen molar-refractivity contribution in [3.8, 4) is 0 Å². The van der Waals surface area contributed by atoms with Crippen LogP contribution in [-0.2, 0) is 4.79 Å². The Balaban J connectivity index is 2.07. The molecule has 2 amide bonds. The van der Waals surface area contributed by atoms with E-state index in [1.54, 1.807) is 0 Å². The van der Waals surface area contributed by atoms with Crippen LogP contribution in [0.25, 0.3) is 0 Å². The van der Waals surface area contributed by atoms with Crippen LogP contribution in [0.4, 0.5) is 0 Å². The van der Waals surface area contributed by atoms with Crippen molar-refractivity contribution in [2.24, 2.45) is 5.92 Å². The van der Waals surface area contributed by atoms with Gasteiger partial charge in [0, 0.05) is 26.3 Å². The van der Waals surface area contributed by atoms with Crippen LogP contribution in [0.5, 0.6) is 0 Å². The van der Waals surface area contributed by atoms with Gasteiger partial charge < -0.3 is 15.3 Å². The average Bonchev–Trinajstić information content (AvgIpc) is 2.96. The SMILES string of the molecule is CNC(=O)c1ccc(C(=O)N2CCC(C(=O)O)C2)cn1. The molecule has 1 atom stereocenters. The van der Waals surface area contributed by atoms with Gasteiger partial charge in [0.1, 0.15) is 5.69 Å². The van der Waals surface area contributed by atoms with E-state index < -0.39 is 11.9 Å². The molecule has 2 N–H and O–H groups in total. The van der Waals surface area contributed by atoms with Crippen LogP contribution in [0.2, 0.25) is 0 Å². The van der Waals surface area contributed by atoms with Crippen molar-refractivity contribution in [1.82, 2.24) is 15.2 Å². The van der Waals surface area contributed by atoms with Crippen LogP contribution in [0.15, 0.2) is 18.3 Å². The number of nitrogens with one attached hydrogen (secondary N) is 1. The fraction of sp³-hybridized carbons (Fsp3) is 0.385. The molecule has 106 valence electrons. The second-order valence-corrected chi connectivity index (χ2v) is 4.59. The molecule has 0 spiro atoms. The smallest absolute Gasteiger partial charge is 0.308 e. The summed E-state index contributed by atoms with van der Waals surface area (Å²) in [7, 11) is 1.50. The molecule has 0 bridgehead atoms. The van der Waals surface area contributed by atoms with Gasteiger partial charge in [-0.3, -0.25) is 19.4 Å². The van der Waals surface area contributed by atoms with Gasteiger partial charge in [-0.15, -0.1) is 0 Å². The number of carbonyl (C=O) groups excluding carboxylic acids is 2. The number of carboxylic acid groups (broad SMARTS) is 1. The van der Waals surface area contributed by atoms with Gasteiger partial charge in [0.2, 0.25) is 0 Å². The topological polar surface area (TPSA) is 99.6 Å². The second kappa shape index (κ2) is 5.68. The van der Waals surface area contributed by atoms with Crippen molar-refractivity contribution in [2.45, 2.75) is 6.42 Å². The minimum absolute atomic E-state index is 0.214. The van der Waals surface area contributed by atoms with Crippen molar-refractivity contribution in [3.05, 3.63) is 29.6 Å². The first-order valence-corrected chi connectivity index (χ1v) is 6.23.